The van der Waals surface area contributed by atoms with Gasteiger partial charge in [-0.15, -0.1) is 0 Å². The molecule has 0 aromatic heterocycles. The lowest BCUT2D eigenvalue weighted by Crippen LogP contribution is -2.44. The maximum Gasteiger partial charge on any atom is 0.314 e. The van der Waals surface area contributed by atoms with Gasteiger partial charge in [-0.3, -0.25) is 0 Å². The highest BCUT2D eigenvalue weighted by Gasteiger charge is 2.45. The van der Waals surface area contributed by atoms with E-state index in [1.54, 1.807) is 0 Å². The summed E-state index contributed by atoms with van der Waals surface area (Å²) < 4.78 is 0. The van der Waals surface area contributed by atoms with E-state index in [0.717, 1.165) is 0 Å². The molecule has 2 aliphatic rings. The van der Waals surface area contributed by atoms with E-state index in [9.17, 15) is 4.79 Å². The van der Waals surface area contributed by atoms with Crippen molar-refractivity contribution in [3.05, 3.63) is 0 Å². The molecule has 0 aromatic carbocycles. The zero-order chi connectivity index (χ0) is 10.0. The summed E-state index contributed by atoms with van der Waals surface area (Å²) in [6.45, 7) is 2.66. The van der Waals surface area contributed by atoms with E-state index in [1.165, 1.54) is 38.5 Å². The van der Waals surface area contributed by atoms with Gasteiger partial charge in [-0.2, -0.15) is 0 Å². The van der Waals surface area contributed by atoms with Crippen molar-refractivity contribution in [2.75, 3.05) is 6.54 Å². The number of hydrogen-bond acceptors (Lipinski definition) is 1. The number of hydrogen-bond donors (Lipinski definition) is 2. The van der Waals surface area contributed by atoms with Crippen LogP contribution in [0.5, 0.6) is 0 Å². The molecule has 2 fully saturated rings. The summed E-state index contributed by atoms with van der Waals surface area (Å²) in [6, 6.07) is 0.438. The quantitative estimate of drug-likeness (QED) is 0.697. The van der Waals surface area contributed by atoms with Crippen LogP contribution in [-0.2, 0) is 0 Å². The van der Waals surface area contributed by atoms with E-state index in [1.807, 2.05) is 6.92 Å². The molecule has 0 unspecified atom stereocenters. The van der Waals surface area contributed by atoms with Gasteiger partial charge in [0.2, 0.25) is 0 Å². The topological polar surface area (TPSA) is 41.1 Å². The molecule has 2 amide bonds. The summed E-state index contributed by atoms with van der Waals surface area (Å²) in [7, 11) is 0. The average molecular weight is 196 g/mol. The number of urea groups is 1. The first kappa shape index (κ1) is 9.81. The standard InChI is InChI=1S/C11H20N2O/c1-2-12-10(14)13-9-4-3-5-11(8-9)6-7-11/h9H,2-8H2,1H3,(H2,12,13,14)/t9-/m1/s1. The molecule has 0 heterocycles. The molecule has 3 nitrogen and oxygen atoms in total. The van der Waals surface area contributed by atoms with E-state index in [2.05, 4.69) is 10.6 Å². The molecule has 0 aliphatic heterocycles. The highest BCUT2D eigenvalue weighted by Crippen LogP contribution is 2.56. The molecule has 0 saturated heterocycles. The zero-order valence-corrected chi connectivity index (χ0v) is 8.94. The Hall–Kier alpha value is -0.730. The van der Waals surface area contributed by atoms with Gasteiger partial charge < -0.3 is 10.6 Å². The minimum absolute atomic E-state index is 0.00944. The van der Waals surface area contributed by atoms with Gasteiger partial charge in [0.15, 0.2) is 0 Å². The Kier molecular flexibility index (Phi) is 2.66. The fourth-order valence-corrected chi connectivity index (χ4v) is 2.60. The van der Waals surface area contributed by atoms with Crippen molar-refractivity contribution in [3.63, 3.8) is 0 Å². The van der Waals surface area contributed by atoms with Crippen LogP contribution in [0.25, 0.3) is 0 Å². The number of carbonyl (C=O) groups is 1. The summed E-state index contributed by atoms with van der Waals surface area (Å²) in [4.78, 5) is 11.3. The molecule has 1 atom stereocenters. The van der Waals surface area contributed by atoms with Crippen molar-refractivity contribution in [1.29, 1.82) is 0 Å². The highest BCUT2D eigenvalue weighted by molar-refractivity contribution is 5.74. The van der Waals surface area contributed by atoms with Gasteiger partial charge in [0, 0.05) is 12.6 Å². The fourth-order valence-electron chi connectivity index (χ4n) is 2.60. The van der Waals surface area contributed by atoms with Crippen LogP contribution in [0.15, 0.2) is 0 Å². The predicted octanol–water partition coefficient (Wildman–Crippen LogP) is 2.03. The summed E-state index contributed by atoms with van der Waals surface area (Å²) in [5.74, 6) is 0. The van der Waals surface area contributed by atoms with Gasteiger partial charge in [-0.05, 0) is 44.4 Å². The molecule has 1 spiro atoms. The Labute approximate surface area is 85.6 Å². The molecule has 3 heteroatoms. The summed E-state index contributed by atoms with van der Waals surface area (Å²) in [6.07, 6.45) is 7.84. The van der Waals surface area contributed by atoms with E-state index in [-0.39, 0.29) is 6.03 Å². The van der Waals surface area contributed by atoms with Gasteiger partial charge >= 0.3 is 6.03 Å². The normalized spacial score (nSPS) is 28.5. The molecular formula is C11H20N2O. The fraction of sp³-hybridized carbons (Fsp3) is 0.909. The molecule has 2 aliphatic carbocycles. The van der Waals surface area contributed by atoms with Gasteiger partial charge in [0.1, 0.15) is 0 Å². The number of carbonyl (C=O) groups excluding carboxylic acids is 1. The third kappa shape index (κ3) is 2.20. The van der Waals surface area contributed by atoms with Crippen LogP contribution >= 0.6 is 0 Å². The van der Waals surface area contributed by atoms with E-state index in [0.29, 0.717) is 18.0 Å². The van der Waals surface area contributed by atoms with Crippen molar-refractivity contribution in [3.8, 4) is 0 Å². The second-order valence-electron chi connectivity index (χ2n) is 4.80. The number of amides is 2. The molecule has 2 rings (SSSR count). The van der Waals surface area contributed by atoms with Crippen LogP contribution in [-0.4, -0.2) is 18.6 Å². The Morgan fingerprint density at radius 1 is 1.43 bits per heavy atom. The third-order valence-corrected chi connectivity index (χ3v) is 3.57. The maximum atomic E-state index is 11.3. The first-order valence-electron chi connectivity index (χ1n) is 5.78. The molecule has 2 saturated carbocycles. The number of nitrogens with one attached hydrogen (secondary N) is 2. The Morgan fingerprint density at radius 3 is 2.86 bits per heavy atom. The van der Waals surface area contributed by atoms with Gasteiger partial charge in [0.25, 0.3) is 0 Å². The van der Waals surface area contributed by atoms with Gasteiger partial charge in [0.05, 0.1) is 0 Å². The largest absolute Gasteiger partial charge is 0.338 e. The molecule has 2 N–H and O–H groups in total. The van der Waals surface area contributed by atoms with E-state index >= 15 is 0 Å². The molecular weight excluding hydrogens is 176 g/mol. The van der Waals surface area contributed by atoms with Crippen LogP contribution in [0.2, 0.25) is 0 Å². The molecule has 0 radical (unpaired) electrons. The predicted molar refractivity (Wildman–Crippen MR) is 56.1 cm³/mol. The van der Waals surface area contributed by atoms with Crippen LogP contribution in [0.1, 0.15) is 45.4 Å². The van der Waals surface area contributed by atoms with Crippen LogP contribution in [0.4, 0.5) is 4.79 Å². The Morgan fingerprint density at radius 2 is 2.21 bits per heavy atom. The Balaban J connectivity index is 1.77. The van der Waals surface area contributed by atoms with Gasteiger partial charge in [-0.25, -0.2) is 4.79 Å². The molecule has 0 aromatic rings. The SMILES string of the molecule is CCNC(=O)N[C@@H]1CCCC2(CC2)C1. The molecule has 0 bridgehead atoms. The van der Waals surface area contributed by atoms with Crippen molar-refractivity contribution in [2.45, 2.75) is 51.5 Å². The highest BCUT2D eigenvalue weighted by atomic mass is 16.2. The van der Waals surface area contributed by atoms with Crippen molar-refractivity contribution < 1.29 is 4.79 Å². The van der Waals surface area contributed by atoms with Crippen molar-refractivity contribution >= 4 is 6.03 Å². The summed E-state index contributed by atoms with van der Waals surface area (Å²) in [5.41, 5.74) is 0.641. The summed E-state index contributed by atoms with van der Waals surface area (Å²) in [5, 5.41) is 5.86. The maximum absolute atomic E-state index is 11.3. The second kappa shape index (κ2) is 3.79. The second-order valence-corrected chi connectivity index (χ2v) is 4.80. The first-order valence-corrected chi connectivity index (χ1v) is 5.78. The van der Waals surface area contributed by atoms with Gasteiger partial charge in [-0.1, -0.05) is 6.42 Å². The van der Waals surface area contributed by atoms with Crippen LogP contribution < -0.4 is 10.6 Å². The van der Waals surface area contributed by atoms with Crippen LogP contribution in [0, 0.1) is 5.41 Å². The monoisotopic (exact) mass is 196 g/mol. The number of rotatable bonds is 2. The summed E-state index contributed by atoms with van der Waals surface area (Å²) >= 11 is 0. The molecule has 80 valence electrons. The van der Waals surface area contributed by atoms with E-state index < -0.39 is 0 Å². The lowest BCUT2D eigenvalue weighted by atomic mass is 9.83. The molecule has 14 heavy (non-hydrogen) atoms. The first-order chi connectivity index (χ1) is 6.74. The smallest absolute Gasteiger partial charge is 0.314 e. The minimum Gasteiger partial charge on any atom is -0.338 e. The Bertz CT molecular complexity index is 223. The lowest BCUT2D eigenvalue weighted by Gasteiger charge is -2.29. The third-order valence-electron chi connectivity index (χ3n) is 3.57. The lowest BCUT2D eigenvalue weighted by molar-refractivity contribution is 0.222. The zero-order valence-electron chi connectivity index (χ0n) is 8.94. The van der Waals surface area contributed by atoms with Crippen LogP contribution in [0.3, 0.4) is 0 Å². The van der Waals surface area contributed by atoms with E-state index in [4.69, 9.17) is 0 Å². The average Bonchev–Trinajstić information content (AvgIpc) is 2.85. The minimum atomic E-state index is 0.00944. The van der Waals surface area contributed by atoms with Crippen molar-refractivity contribution in [1.82, 2.24) is 10.6 Å². The van der Waals surface area contributed by atoms with Crippen molar-refractivity contribution in [2.24, 2.45) is 5.41 Å².